The molecule has 228 valence electrons. The number of H-pyrrole nitrogens is 1. The van der Waals surface area contributed by atoms with Crippen molar-refractivity contribution in [1.29, 1.82) is 0 Å². The summed E-state index contributed by atoms with van der Waals surface area (Å²) in [7, 11) is 2.73. The van der Waals surface area contributed by atoms with Gasteiger partial charge in [-0.3, -0.25) is 19.0 Å². The van der Waals surface area contributed by atoms with E-state index in [1.54, 1.807) is 37.3 Å². The second-order valence-electron chi connectivity index (χ2n) is 10.9. The first kappa shape index (κ1) is 30.7. The standard InChI is InChI=1S/C32H31ClFN5O5/c1-17-19(6-5-9-25(17)38-28(40)23-15-37-31(43)39(2)29(23)41)21-8-4-7-20(27(21)33)18-12-24(34)22(26(13-18)44-3)14-36-16-32(10-11-32)30(35)42/h4-9,12-13,15,36H,10-11,14,16H2,1-3H3,(H2,35,42)(H,37,43)(H,38,40). The number of aromatic nitrogens is 2. The lowest BCUT2D eigenvalue weighted by Gasteiger charge is -2.17. The molecular weight excluding hydrogens is 589 g/mol. The molecule has 12 heteroatoms. The van der Waals surface area contributed by atoms with E-state index in [9.17, 15) is 19.2 Å². The molecule has 0 spiro atoms. The Bertz CT molecular complexity index is 1910. The zero-order valence-electron chi connectivity index (χ0n) is 24.3. The van der Waals surface area contributed by atoms with Crippen LogP contribution in [0.3, 0.4) is 0 Å². The Hall–Kier alpha value is -4.74. The van der Waals surface area contributed by atoms with E-state index in [0.29, 0.717) is 69.2 Å². The van der Waals surface area contributed by atoms with Gasteiger partial charge in [0.15, 0.2) is 0 Å². The Morgan fingerprint density at radius 1 is 1.11 bits per heavy atom. The topological polar surface area (TPSA) is 148 Å². The van der Waals surface area contributed by atoms with Crippen molar-refractivity contribution in [3.05, 3.63) is 103 Å². The normalized spacial score (nSPS) is 13.4. The number of amides is 2. The predicted octanol–water partition coefficient (Wildman–Crippen LogP) is 4.12. The van der Waals surface area contributed by atoms with Crippen molar-refractivity contribution in [1.82, 2.24) is 14.9 Å². The molecule has 1 aromatic heterocycles. The summed E-state index contributed by atoms with van der Waals surface area (Å²) < 4.78 is 21.8. The number of carbonyl (C=O) groups excluding carboxylic acids is 2. The van der Waals surface area contributed by atoms with E-state index in [0.717, 1.165) is 10.8 Å². The highest BCUT2D eigenvalue weighted by atomic mass is 35.5. The summed E-state index contributed by atoms with van der Waals surface area (Å²) >= 11 is 6.93. The highest BCUT2D eigenvalue weighted by Crippen LogP contribution is 2.45. The molecule has 2 amide bonds. The minimum atomic E-state index is -0.724. The second kappa shape index (κ2) is 12.1. The van der Waals surface area contributed by atoms with E-state index in [1.807, 2.05) is 12.1 Å². The monoisotopic (exact) mass is 619 g/mol. The SMILES string of the molecule is COc1cc(-c2cccc(-c3cccc(NC(=O)c4c[nH]c(=O)n(C)c4=O)c3C)c2Cl)cc(F)c1CNCC1(C(N)=O)CC1. The van der Waals surface area contributed by atoms with Gasteiger partial charge in [0, 0.05) is 48.7 Å². The van der Waals surface area contributed by atoms with E-state index in [2.05, 4.69) is 15.6 Å². The third kappa shape index (κ3) is 5.76. The van der Waals surface area contributed by atoms with Crippen molar-refractivity contribution < 1.29 is 18.7 Å². The summed E-state index contributed by atoms with van der Waals surface area (Å²) in [4.78, 5) is 51.1. The molecule has 0 bridgehead atoms. The number of aromatic amines is 1. The Kier molecular flexibility index (Phi) is 8.44. The van der Waals surface area contributed by atoms with Crippen molar-refractivity contribution in [3.63, 3.8) is 0 Å². The summed E-state index contributed by atoms with van der Waals surface area (Å²) in [5, 5.41) is 6.23. The third-order valence-corrected chi connectivity index (χ3v) is 8.53. The maximum Gasteiger partial charge on any atom is 0.328 e. The van der Waals surface area contributed by atoms with E-state index in [-0.39, 0.29) is 18.0 Å². The van der Waals surface area contributed by atoms with Gasteiger partial charge in [-0.1, -0.05) is 41.9 Å². The second-order valence-corrected chi connectivity index (χ2v) is 11.2. The van der Waals surface area contributed by atoms with Gasteiger partial charge in [0.2, 0.25) is 5.91 Å². The predicted molar refractivity (Wildman–Crippen MR) is 166 cm³/mol. The van der Waals surface area contributed by atoms with Crippen molar-refractivity contribution in [2.75, 3.05) is 19.0 Å². The number of carbonyl (C=O) groups is 2. The number of nitrogens with two attached hydrogens (primary N) is 1. The number of methoxy groups -OCH3 is 1. The van der Waals surface area contributed by atoms with E-state index < -0.39 is 28.4 Å². The molecule has 1 saturated carbocycles. The molecule has 5 N–H and O–H groups in total. The summed E-state index contributed by atoms with van der Waals surface area (Å²) in [5.74, 6) is -1.20. The van der Waals surface area contributed by atoms with Gasteiger partial charge in [-0.25, -0.2) is 9.18 Å². The first-order valence-electron chi connectivity index (χ1n) is 13.8. The number of hydrogen-bond donors (Lipinski definition) is 4. The number of benzene rings is 3. The molecule has 4 aromatic rings. The molecule has 1 heterocycles. The van der Waals surface area contributed by atoms with Gasteiger partial charge < -0.3 is 26.1 Å². The summed E-state index contributed by atoms with van der Waals surface area (Å²) in [5.41, 5.74) is 7.22. The lowest BCUT2D eigenvalue weighted by atomic mass is 9.94. The average Bonchev–Trinajstić information content (AvgIpc) is 3.79. The lowest BCUT2D eigenvalue weighted by molar-refractivity contribution is -0.122. The largest absolute Gasteiger partial charge is 0.496 e. The molecule has 0 aliphatic heterocycles. The van der Waals surface area contributed by atoms with Crippen LogP contribution in [-0.4, -0.2) is 35.0 Å². The van der Waals surface area contributed by atoms with Crippen LogP contribution in [0.1, 0.15) is 34.3 Å². The molecule has 0 radical (unpaired) electrons. The maximum absolute atomic E-state index is 15.4. The molecule has 1 fully saturated rings. The third-order valence-electron chi connectivity index (χ3n) is 8.12. The number of anilines is 1. The molecule has 0 atom stereocenters. The fraction of sp³-hybridized carbons (Fsp3) is 0.250. The van der Waals surface area contributed by atoms with Crippen molar-refractivity contribution in [2.24, 2.45) is 18.2 Å². The Labute approximate surface area is 257 Å². The van der Waals surface area contributed by atoms with Crippen LogP contribution in [0.15, 0.2) is 64.3 Å². The fourth-order valence-electron chi connectivity index (χ4n) is 5.15. The fourth-order valence-corrected chi connectivity index (χ4v) is 5.49. The van der Waals surface area contributed by atoms with Crippen LogP contribution in [0.25, 0.3) is 22.3 Å². The molecule has 44 heavy (non-hydrogen) atoms. The highest BCUT2D eigenvalue weighted by Gasteiger charge is 2.47. The molecular formula is C32H31ClFN5O5. The summed E-state index contributed by atoms with van der Waals surface area (Å²) in [6.07, 6.45) is 2.51. The van der Waals surface area contributed by atoms with E-state index >= 15 is 4.39 Å². The maximum atomic E-state index is 15.4. The molecule has 3 aromatic carbocycles. The summed E-state index contributed by atoms with van der Waals surface area (Å²) in [6, 6.07) is 13.7. The van der Waals surface area contributed by atoms with Crippen molar-refractivity contribution in [2.45, 2.75) is 26.3 Å². The minimum Gasteiger partial charge on any atom is -0.496 e. The van der Waals surface area contributed by atoms with Gasteiger partial charge >= 0.3 is 5.69 Å². The first-order valence-corrected chi connectivity index (χ1v) is 14.2. The lowest BCUT2D eigenvalue weighted by Crippen LogP contribution is -2.37. The van der Waals surface area contributed by atoms with E-state index in [4.69, 9.17) is 22.1 Å². The molecule has 5 rings (SSSR count). The minimum absolute atomic E-state index is 0.154. The van der Waals surface area contributed by atoms with Crippen LogP contribution < -0.4 is 32.4 Å². The van der Waals surface area contributed by atoms with E-state index in [1.165, 1.54) is 20.2 Å². The zero-order chi connectivity index (χ0) is 31.8. The average molecular weight is 620 g/mol. The molecule has 1 aliphatic rings. The van der Waals surface area contributed by atoms with Gasteiger partial charge in [-0.15, -0.1) is 0 Å². The number of hydrogen-bond acceptors (Lipinski definition) is 6. The molecule has 1 aliphatic carbocycles. The smallest absolute Gasteiger partial charge is 0.328 e. The number of ether oxygens (including phenoxy) is 1. The Balaban J connectivity index is 1.43. The zero-order valence-corrected chi connectivity index (χ0v) is 25.1. The van der Waals surface area contributed by atoms with Crippen molar-refractivity contribution >= 4 is 29.1 Å². The van der Waals surface area contributed by atoms with Gasteiger partial charge in [-0.05, 0) is 54.7 Å². The number of primary amides is 1. The highest BCUT2D eigenvalue weighted by molar-refractivity contribution is 6.36. The van der Waals surface area contributed by atoms with Crippen molar-refractivity contribution in [3.8, 4) is 28.0 Å². The van der Waals surface area contributed by atoms with Crippen LogP contribution in [0, 0.1) is 18.2 Å². The number of nitrogens with zero attached hydrogens (tertiary/aromatic N) is 1. The van der Waals surface area contributed by atoms with Gasteiger partial charge in [0.25, 0.3) is 11.5 Å². The summed E-state index contributed by atoms with van der Waals surface area (Å²) in [6.45, 7) is 2.31. The van der Waals surface area contributed by atoms with Crippen LogP contribution in [0.5, 0.6) is 5.75 Å². The van der Waals surface area contributed by atoms with Gasteiger partial charge in [0.05, 0.1) is 17.5 Å². The van der Waals surface area contributed by atoms with Crippen LogP contribution >= 0.6 is 11.6 Å². The molecule has 10 nitrogen and oxygen atoms in total. The Morgan fingerprint density at radius 2 is 1.80 bits per heavy atom. The van der Waals surface area contributed by atoms with Crippen LogP contribution in [0.4, 0.5) is 10.1 Å². The van der Waals surface area contributed by atoms with Crippen LogP contribution in [-0.2, 0) is 18.4 Å². The molecule has 0 saturated heterocycles. The van der Waals surface area contributed by atoms with Gasteiger partial charge in [0.1, 0.15) is 17.1 Å². The van der Waals surface area contributed by atoms with Gasteiger partial charge in [-0.2, -0.15) is 0 Å². The number of rotatable bonds is 10. The first-order chi connectivity index (χ1) is 21.0. The molecule has 0 unspecified atom stereocenters. The number of halogens is 2. The quantitative estimate of drug-likeness (QED) is 0.210. The Morgan fingerprint density at radius 3 is 2.48 bits per heavy atom. The number of nitrogens with one attached hydrogen (secondary N) is 3. The van der Waals surface area contributed by atoms with Crippen LogP contribution in [0.2, 0.25) is 5.02 Å².